The number of rotatable bonds is 10. The Morgan fingerprint density at radius 2 is 1.93 bits per heavy atom. The lowest BCUT2D eigenvalue weighted by Crippen LogP contribution is -2.17. The van der Waals surface area contributed by atoms with Crippen molar-refractivity contribution < 1.29 is 14.3 Å². The van der Waals surface area contributed by atoms with Gasteiger partial charge in [-0.25, -0.2) is 0 Å². The van der Waals surface area contributed by atoms with Gasteiger partial charge in [0.05, 0.1) is 18.8 Å². The van der Waals surface area contributed by atoms with Gasteiger partial charge in [-0.3, -0.25) is 4.79 Å². The number of ether oxygens (including phenoxy) is 1. The number of allylic oxidation sites excluding steroid dienone is 5. The highest BCUT2D eigenvalue weighted by molar-refractivity contribution is 5.49. The third-order valence-corrected chi connectivity index (χ3v) is 5.38. The van der Waals surface area contributed by atoms with E-state index in [0.717, 1.165) is 17.6 Å². The molecule has 0 spiro atoms. The summed E-state index contributed by atoms with van der Waals surface area (Å²) in [6, 6.07) is 0. The van der Waals surface area contributed by atoms with E-state index in [0.29, 0.717) is 29.3 Å². The van der Waals surface area contributed by atoms with Crippen LogP contribution in [0.3, 0.4) is 0 Å². The highest BCUT2D eigenvalue weighted by Gasteiger charge is 2.15. The minimum absolute atomic E-state index is 0.0157. The molecule has 0 aliphatic carbocycles. The van der Waals surface area contributed by atoms with E-state index >= 15 is 0 Å². The van der Waals surface area contributed by atoms with Crippen molar-refractivity contribution in [3.05, 3.63) is 68.6 Å². The van der Waals surface area contributed by atoms with E-state index in [2.05, 4.69) is 25.2 Å². The lowest BCUT2D eigenvalue weighted by atomic mass is 9.96. The minimum Gasteiger partial charge on any atom is -0.468 e. The number of aliphatic hydroxyl groups excluding tert-OH is 1. The summed E-state index contributed by atoms with van der Waals surface area (Å²) in [7, 11) is 1.52. The molecule has 4 nitrogen and oxygen atoms in total. The molecule has 166 valence electrons. The zero-order valence-electron chi connectivity index (χ0n) is 19.8. The van der Waals surface area contributed by atoms with Crippen LogP contribution in [0.5, 0.6) is 5.95 Å². The van der Waals surface area contributed by atoms with E-state index < -0.39 is 6.10 Å². The molecular weight excluding hydrogens is 376 g/mol. The van der Waals surface area contributed by atoms with E-state index in [-0.39, 0.29) is 17.3 Å². The van der Waals surface area contributed by atoms with Crippen LogP contribution in [0.25, 0.3) is 6.08 Å². The molecule has 3 atom stereocenters. The summed E-state index contributed by atoms with van der Waals surface area (Å²) in [5.74, 6) is 1.19. The predicted octanol–water partition coefficient (Wildman–Crippen LogP) is 6.02. The first kappa shape index (κ1) is 25.7. The summed E-state index contributed by atoms with van der Waals surface area (Å²) in [5, 5.41) is 10.3. The summed E-state index contributed by atoms with van der Waals surface area (Å²) in [4.78, 5) is 12.5. The fraction of sp³-hybridized carbons (Fsp3) is 0.500. The van der Waals surface area contributed by atoms with Gasteiger partial charge < -0.3 is 14.3 Å². The molecule has 0 amide bonds. The second-order valence-corrected chi connectivity index (χ2v) is 7.97. The Morgan fingerprint density at radius 1 is 1.27 bits per heavy atom. The molecule has 0 aliphatic rings. The van der Waals surface area contributed by atoms with Gasteiger partial charge in [-0.1, -0.05) is 56.7 Å². The van der Waals surface area contributed by atoms with Gasteiger partial charge in [0, 0.05) is 11.5 Å². The van der Waals surface area contributed by atoms with Crippen LogP contribution in [-0.4, -0.2) is 18.3 Å². The molecule has 30 heavy (non-hydrogen) atoms. The third kappa shape index (κ3) is 7.17. The van der Waals surface area contributed by atoms with Crippen molar-refractivity contribution in [2.75, 3.05) is 7.11 Å². The Labute approximate surface area is 181 Å². The smallest absolute Gasteiger partial charge is 0.291 e. The van der Waals surface area contributed by atoms with Crippen molar-refractivity contribution in [1.82, 2.24) is 0 Å². The summed E-state index contributed by atoms with van der Waals surface area (Å²) in [6.07, 6.45) is 13.1. The van der Waals surface area contributed by atoms with Crippen LogP contribution in [0.2, 0.25) is 0 Å². The van der Waals surface area contributed by atoms with Crippen LogP contribution in [0.1, 0.15) is 64.9 Å². The summed E-state index contributed by atoms with van der Waals surface area (Å²) < 4.78 is 11.0. The number of hydrogen-bond donors (Lipinski definition) is 1. The fourth-order valence-corrected chi connectivity index (χ4v) is 3.24. The Balaban J connectivity index is 2.80. The van der Waals surface area contributed by atoms with Crippen LogP contribution in [-0.2, 0) is 6.42 Å². The quantitative estimate of drug-likeness (QED) is 0.375. The number of aliphatic hydroxyl groups is 1. The van der Waals surface area contributed by atoms with Crippen LogP contribution in [0.4, 0.5) is 0 Å². The number of hydrogen-bond acceptors (Lipinski definition) is 4. The Hall–Kier alpha value is -2.33. The molecule has 1 N–H and O–H groups in total. The van der Waals surface area contributed by atoms with Gasteiger partial charge in [0.25, 0.3) is 5.95 Å². The maximum Gasteiger partial charge on any atom is 0.291 e. The van der Waals surface area contributed by atoms with Crippen molar-refractivity contribution in [2.45, 2.75) is 67.4 Å². The van der Waals surface area contributed by atoms with E-state index in [1.54, 1.807) is 6.92 Å². The molecular formula is C26H38O4. The maximum absolute atomic E-state index is 12.5. The Kier molecular flexibility index (Phi) is 10.6. The Morgan fingerprint density at radius 3 is 2.50 bits per heavy atom. The topological polar surface area (TPSA) is 59.7 Å². The zero-order chi connectivity index (χ0) is 22.8. The van der Waals surface area contributed by atoms with E-state index in [1.807, 2.05) is 52.8 Å². The molecule has 0 fully saturated rings. The minimum atomic E-state index is -0.450. The third-order valence-electron chi connectivity index (χ3n) is 5.38. The van der Waals surface area contributed by atoms with Gasteiger partial charge >= 0.3 is 0 Å². The molecule has 0 saturated carbocycles. The largest absolute Gasteiger partial charge is 0.468 e. The molecule has 1 heterocycles. The van der Waals surface area contributed by atoms with Gasteiger partial charge in [-0.15, -0.1) is 0 Å². The first-order valence-corrected chi connectivity index (χ1v) is 10.7. The molecule has 1 unspecified atom stereocenters. The summed E-state index contributed by atoms with van der Waals surface area (Å²) in [5.41, 5.74) is 3.28. The van der Waals surface area contributed by atoms with Crippen LogP contribution < -0.4 is 10.2 Å². The molecule has 1 rings (SSSR count). The van der Waals surface area contributed by atoms with Gasteiger partial charge in [0.2, 0.25) is 0 Å². The van der Waals surface area contributed by atoms with Crippen molar-refractivity contribution in [1.29, 1.82) is 0 Å². The van der Waals surface area contributed by atoms with Crippen LogP contribution in [0, 0.1) is 18.8 Å². The average molecular weight is 415 g/mol. The van der Waals surface area contributed by atoms with Crippen molar-refractivity contribution >= 4 is 6.08 Å². The number of methoxy groups -OCH3 is 1. The molecule has 0 radical (unpaired) electrons. The second kappa shape index (κ2) is 12.4. The van der Waals surface area contributed by atoms with Crippen LogP contribution >= 0.6 is 0 Å². The van der Waals surface area contributed by atoms with E-state index in [1.165, 1.54) is 7.11 Å². The maximum atomic E-state index is 12.5. The molecule has 0 saturated heterocycles. The highest BCUT2D eigenvalue weighted by atomic mass is 16.6. The molecule has 1 aromatic heterocycles. The summed E-state index contributed by atoms with van der Waals surface area (Å²) >= 11 is 0. The first-order chi connectivity index (χ1) is 14.2. The van der Waals surface area contributed by atoms with Gasteiger partial charge in [-0.05, 0) is 58.1 Å². The van der Waals surface area contributed by atoms with Crippen LogP contribution in [0.15, 0.2) is 50.7 Å². The van der Waals surface area contributed by atoms with E-state index in [9.17, 15) is 9.90 Å². The van der Waals surface area contributed by atoms with Gasteiger partial charge in [0.15, 0.2) is 5.43 Å². The summed E-state index contributed by atoms with van der Waals surface area (Å²) in [6.45, 7) is 13.8. The predicted molar refractivity (Wildman–Crippen MR) is 126 cm³/mol. The molecule has 0 aromatic carbocycles. The lowest BCUT2D eigenvalue weighted by molar-refractivity contribution is 0.173. The molecule has 0 aliphatic heterocycles. The molecule has 1 aromatic rings. The van der Waals surface area contributed by atoms with Gasteiger partial charge in [0.1, 0.15) is 5.76 Å². The van der Waals surface area contributed by atoms with Crippen molar-refractivity contribution in [3.8, 4) is 5.95 Å². The Bertz CT molecular complexity index is 868. The average Bonchev–Trinajstić information content (AvgIpc) is 2.73. The fourth-order valence-electron chi connectivity index (χ4n) is 3.24. The van der Waals surface area contributed by atoms with Crippen molar-refractivity contribution in [2.24, 2.45) is 11.8 Å². The zero-order valence-corrected chi connectivity index (χ0v) is 19.8. The molecule has 0 bridgehead atoms. The second-order valence-electron chi connectivity index (χ2n) is 7.97. The SMILES string of the molecule is C/C=C(\C)[C@H](O)[C@H](C)/C=C(C)/C=C/CC(C)/C=C/c1oc(OC)c(CC)c(=O)c1C. The highest BCUT2D eigenvalue weighted by Crippen LogP contribution is 2.22. The van der Waals surface area contributed by atoms with Crippen molar-refractivity contribution in [3.63, 3.8) is 0 Å². The van der Waals surface area contributed by atoms with E-state index in [4.69, 9.17) is 9.15 Å². The normalized spacial score (nSPS) is 16.3. The first-order valence-electron chi connectivity index (χ1n) is 10.7. The standard InChI is InChI=1S/C26H38O4/c1-9-19(5)24(27)20(6)16-18(4)13-11-12-17(3)14-15-23-21(7)25(28)22(10-2)26(29-8)30-23/h9,11,13-17,20,24,27H,10,12H2,1-8H3/b13-11+,15-14+,18-16+,19-9+/t17?,20-,24+/m1/s1. The molecule has 4 heteroatoms. The van der Waals surface area contributed by atoms with Gasteiger partial charge in [-0.2, -0.15) is 0 Å². The monoisotopic (exact) mass is 414 g/mol. The lowest BCUT2D eigenvalue weighted by Gasteiger charge is -2.16.